The van der Waals surface area contributed by atoms with E-state index in [0.29, 0.717) is 22.5 Å². The highest BCUT2D eigenvalue weighted by Crippen LogP contribution is 2.12. The fourth-order valence-electron chi connectivity index (χ4n) is 2.30. The molecule has 1 amide bonds. The summed E-state index contributed by atoms with van der Waals surface area (Å²) in [5, 5.41) is 7.01. The zero-order valence-electron chi connectivity index (χ0n) is 12.3. The molecule has 0 aliphatic carbocycles. The molecule has 6 heteroatoms. The van der Waals surface area contributed by atoms with Crippen LogP contribution < -0.4 is 5.32 Å². The van der Waals surface area contributed by atoms with Crippen molar-refractivity contribution in [3.63, 3.8) is 0 Å². The van der Waals surface area contributed by atoms with E-state index >= 15 is 0 Å². The van der Waals surface area contributed by atoms with E-state index in [4.69, 9.17) is 0 Å². The molecule has 1 aromatic carbocycles. The summed E-state index contributed by atoms with van der Waals surface area (Å²) in [5.74, 6) is -0.640. The number of benzene rings is 1. The molecule has 0 fully saturated rings. The lowest BCUT2D eigenvalue weighted by Gasteiger charge is -2.09. The minimum atomic E-state index is -0.337. The minimum Gasteiger partial charge on any atom is -0.348 e. The Hall–Kier alpha value is -2.76. The maximum Gasteiger partial charge on any atom is 0.254 e. The van der Waals surface area contributed by atoms with Gasteiger partial charge in [-0.3, -0.25) is 4.79 Å². The lowest BCUT2D eigenvalue weighted by molar-refractivity contribution is 0.0949. The first-order chi connectivity index (χ1) is 10.6. The molecule has 1 N–H and O–H groups in total. The van der Waals surface area contributed by atoms with Gasteiger partial charge in [0.1, 0.15) is 5.82 Å². The molecule has 3 rings (SSSR count). The quantitative estimate of drug-likeness (QED) is 0.808. The van der Waals surface area contributed by atoms with Crippen LogP contribution in [0.25, 0.3) is 5.65 Å². The van der Waals surface area contributed by atoms with Gasteiger partial charge in [-0.2, -0.15) is 5.10 Å². The molecule has 112 valence electrons. The van der Waals surface area contributed by atoms with Crippen molar-refractivity contribution in [2.45, 2.75) is 20.4 Å². The van der Waals surface area contributed by atoms with Crippen molar-refractivity contribution in [3.05, 3.63) is 64.9 Å². The highest BCUT2D eigenvalue weighted by Gasteiger charge is 2.14. The smallest absolute Gasteiger partial charge is 0.254 e. The second-order valence-corrected chi connectivity index (χ2v) is 5.09. The number of halogens is 1. The maximum absolute atomic E-state index is 13.6. The molecule has 5 nitrogen and oxygen atoms in total. The summed E-state index contributed by atoms with van der Waals surface area (Å²) in [7, 11) is 0. The molecule has 3 aromatic rings. The third-order valence-corrected chi connectivity index (χ3v) is 3.49. The first-order valence-electron chi connectivity index (χ1n) is 6.90. The number of nitrogens with one attached hydrogen (secondary N) is 1. The van der Waals surface area contributed by atoms with E-state index < -0.39 is 0 Å². The number of rotatable bonds is 3. The summed E-state index contributed by atoms with van der Waals surface area (Å²) in [6, 6.07) is 8.19. The van der Waals surface area contributed by atoms with Crippen LogP contribution in [-0.4, -0.2) is 20.5 Å². The normalized spacial score (nSPS) is 10.9. The first kappa shape index (κ1) is 14.2. The van der Waals surface area contributed by atoms with Crippen LogP contribution in [0.2, 0.25) is 0 Å². The van der Waals surface area contributed by atoms with Crippen molar-refractivity contribution < 1.29 is 9.18 Å². The number of aryl methyl sites for hydroxylation is 2. The number of aromatic nitrogens is 3. The summed E-state index contributed by atoms with van der Waals surface area (Å²) >= 11 is 0. The van der Waals surface area contributed by atoms with Gasteiger partial charge in [-0.25, -0.2) is 13.9 Å². The molecule has 2 aromatic heterocycles. The predicted molar refractivity (Wildman–Crippen MR) is 80.0 cm³/mol. The van der Waals surface area contributed by atoms with E-state index in [1.807, 2.05) is 13.0 Å². The summed E-state index contributed by atoms with van der Waals surface area (Å²) in [6.07, 6.45) is 1.52. The Morgan fingerprint density at radius 3 is 2.86 bits per heavy atom. The average Bonchev–Trinajstić information content (AvgIpc) is 2.88. The molecule has 0 bridgehead atoms. The fraction of sp³-hybridized carbons (Fsp3) is 0.188. The lowest BCUT2D eigenvalue weighted by Crippen LogP contribution is -2.25. The van der Waals surface area contributed by atoms with E-state index in [2.05, 4.69) is 15.4 Å². The molecule has 0 saturated heterocycles. The minimum absolute atomic E-state index is 0.126. The maximum atomic E-state index is 13.6. The van der Waals surface area contributed by atoms with E-state index in [-0.39, 0.29) is 18.3 Å². The molecule has 0 atom stereocenters. The van der Waals surface area contributed by atoms with Crippen LogP contribution in [-0.2, 0) is 6.54 Å². The number of nitrogens with zero attached hydrogens (tertiary/aromatic N) is 3. The van der Waals surface area contributed by atoms with Gasteiger partial charge in [0.2, 0.25) is 0 Å². The van der Waals surface area contributed by atoms with E-state index in [9.17, 15) is 9.18 Å². The second-order valence-electron chi connectivity index (χ2n) is 5.09. The van der Waals surface area contributed by atoms with Crippen LogP contribution in [0.1, 0.15) is 27.3 Å². The summed E-state index contributed by atoms with van der Waals surface area (Å²) < 4.78 is 15.2. The molecular weight excluding hydrogens is 283 g/mol. The Bertz CT molecular complexity index is 856. The predicted octanol–water partition coefficient (Wildman–Crippen LogP) is 2.42. The second kappa shape index (κ2) is 5.55. The zero-order chi connectivity index (χ0) is 15.7. The molecule has 0 spiro atoms. The van der Waals surface area contributed by atoms with Crippen molar-refractivity contribution in [1.29, 1.82) is 0 Å². The van der Waals surface area contributed by atoms with Gasteiger partial charge in [0.05, 0.1) is 17.0 Å². The van der Waals surface area contributed by atoms with E-state index in [1.165, 1.54) is 12.3 Å². The Morgan fingerprint density at radius 1 is 1.32 bits per heavy atom. The Kier molecular flexibility index (Phi) is 3.58. The van der Waals surface area contributed by atoms with Crippen molar-refractivity contribution in [3.8, 4) is 0 Å². The zero-order valence-corrected chi connectivity index (χ0v) is 12.3. The molecule has 0 aliphatic heterocycles. The highest BCUT2D eigenvalue weighted by atomic mass is 19.1. The third kappa shape index (κ3) is 2.55. The van der Waals surface area contributed by atoms with Crippen molar-refractivity contribution >= 4 is 11.6 Å². The summed E-state index contributed by atoms with van der Waals surface area (Å²) in [6.45, 7) is 3.80. The molecular formula is C16H15FN4O. The standard InChI is InChI=1S/C16H15FN4O/c1-10-7-15-18-9-13(11(2)21(15)20-10)16(22)19-8-12-5-3-4-6-14(12)17/h3-7,9H,8H2,1-2H3,(H,19,22). The van der Waals surface area contributed by atoms with E-state index in [1.54, 1.807) is 29.6 Å². The highest BCUT2D eigenvalue weighted by molar-refractivity contribution is 5.95. The van der Waals surface area contributed by atoms with Crippen molar-refractivity contribution in [2.75, 3.05) is 0 Å². The summed E-state index contributed by atoms with van der Waals surface area (Å²) in [4.78, 5) is 16.5. The Labute approximate surface area is 126 Å². The fourth-order valence-corrected chi connectivity index (χ4v) is 2.30. The van der Waals surface area contributed by atoms with Crippen LogP contribution in [0.4, 0.5) is 4.39 Å². The SMILES string of the molecule is Cc1cc2ncc(C(=O)NCc3ccccc3F)c(C)n2n1. The number of amides is 1. The number of fused-ring (bicyclic) bond motifs is 1. The van der Waals surface area contributed by atoms with Gasteiger partial charge >= 0.3 is 0 Å². The number of hydrogen-bond donors (Lipinski definition) is 1. The number of hydrogen-bond acceptors (Lipinski definition) is 3. The number of carbonyl (C=O) groups excluding carboxylic acids is 1. The van der Waals surface area contributed by atoms with Crippen LogP contribution in [0, 0.1) is 19.7 Å². The largest absolute Gasteiger partial charge is 0.348 e. The van der Waals surface area contributed by atoms with Crippen molar-refractivity contribution in [1.82, 2.24) is 19.9 Å². The van der Waals surface area contributed by atoms with Gasteiger partial charge in [-0.1, -0.05) is 18.2 Å². The van der Waals surface area contributed by atoms with Crippen LogP contribution in [0.3, 0.4) is 0 Å². The Morgan fingerprint density at radius 2 is 2.09 bits per heavy atom. The van der Waals surface area contributed by atoms with Gasteiger partial charge in [0, 0.05) is 24.4 Å². The monoisotopic (exact) mass is 298 g/mol. The molecule has 0 aliphatic rings. The van der Waals surface area contributed by atoms with Crippen LogP contribution in [0.15, 0.2) is 36.5 Å². The topological polar surface area (TPSA) is 59.3 Å². The van der Waals surface area contributed by atoms with E-state index in [0.717, 1.165) is 5.69 Å². The first-order valence-corrected chi connectivity index (χ1v) is 6.90. The molecule has 0 saturated carbocycles. The van der Waals surface area contributed by atoms with Gasteiger partial charge in [-0.05, 0) is 19.9 Å². The van der Waals surface area contributed by atoms with Gasteiger partial charge in [-0.15, -0.1) is 0 Å². The third-order valence-electron chi connectivity index (χ3n) is 3.49. The number of carbonyl (C=O) groups is 1. The molecule has 0 unspecified atom stereocenters. The van der Waals surface area contributed by atoms with Crippen LogP contribution in [0.5, 0.6) is 0 Å². The molecule has 22 heavy (non-hydrogen) atoms. The van der Waals surface area contributed by atoms with Crippen molar-refractivity contribution in [2.24, 2.45) is 0 Å². The van der Waals surface area contributed by atoms with Gasteiger partial charge in [0.25, 0.3) is 5.91 Å². The van der Waals surface area contributed by atoms with Crippen LogP contribution >= 0.6 is 0 Å². The van der Waals surface area contributed by atoms with Gasteiger partial charge < -0.3 is 5.32 Å². The average molecular weight is 298 g/mol. The summed E-state index contributed by atoms with van der Waals surface area (Å²) in [5.41, 5.74) is 3.09. The molecule has 2 heterocycles. The lowest BCUT2D eigenvalue weighted by atomic mass is 10.2. The Balaban J connectivity index is 1.83. The molecule has 0 radical (unpaired) electrons. The van der Waals surface area contributed by atoms with Gasteiger partial charge in [0.15, 0.2) is 5.65 Å².